The lowest BCUT2D eigenvalue weighted by Crippen LogP contribution is -2.27. The molecule has 4 nitrogen and oxygen atoms in total. The average Bonchev–Trinajstić information content (AvgIpc) is 3.07. The van der Waals surface area contributed by atoms with Crippen molar-refractivity contribution in [3.63, 3.8) is 0 Å². The van der Waals surface area contributed by atoms with Crippen LogP contribution in [0.15, 0.2) is 6.07 Å². The predicted molar refractivity (Wildman–Crippen MR) is 86.3 cm³/mol. The molecule has 3 rings (SSSR count). The van der Waals surface area contributed by atoms with Gasteiger partial charge in [-0.15, -0.1) is 0 Å². The molecule has 0 bridgehead atoms. The first-order valence-corrected chi connectivity index (χ1v) is 7.93. The van der Waals surface area contributed by atoms with Gasteiger partial charge in [0.05, 0.1) is 5.56 Å². The van der Waals surface area contributed by atoms with Crippen molar-refractivity contribution in [2.75, 3.05) is 31.5 Å². The minimum atomic E-state index is 0.441. The Balaban J connectivity index is 1.69. The summed E-state index contributed by atoms with van der Waals surface area (Å²) in [5.41, 5.74) is 9.28. The molecule has 0 aromatic carbocycles. The number of rotatable bonds is 5. The van der Waals surface area contributed by atoms with E-state index < -0.39 is 0 Å². The molecule has 1 aromatic heterocycles. The van der Waals surface area contributed by atoms with Gasteiger partial charge in [-0.2, -0.15) is 0 Å². The van der Waals surface area contributed by atoms with Gasteiger partial charge in [0.15, 0.2) is 0 Å². The van der Waals surface area contributed by atoms with Crippen LogP contribution >= 0.6 is 12.2 Å². The standard InChI is InChI=1S/C15H22N4S/c16-14(20)12-10-11-4-3-5-13(11)18-15(12)17-6-9-19-7-1-2-8-19/h10H,1-9H2,(H2,16,20)(H,17,18). The molecule has 2 heterocycles. The van der Waals surface area contributed by atoms with Crippen LogP contribution in [0, 0.1) is 0 Å². The van der Waals surface area contributed by atoms with Crippen LogP contribution in [-0.4, -0.2) is 41.1 Å². The van der Waals surface area contributed by atoms with E-state index in [1.54, 1.807) is 0 Å². The van der Waals surface area contributed by atoms with Crippen molar-refractivity contribution >= 4 is 23.0 Å². The molecule has 108 valence electrons. The van der Waals surface area contributed by atoms with Crippen molar-refractivity contribution in [2.24, 2.45) is 5.73 Å². The molecule has 5 heteroatoms. The number of hydrogen-bond donors (Lipinski definition) is 2. The van der Waals surface area contributed by atoms with Crippen LogP contribution in [0.1, 0.15) is 36.1 Å². The number of aryl methyl sites for hydroxylation is 2. The SMILES string of the molecule is NC(=S)c1cc2c(nc1NCCN1CCCC1)CCC2. The van der Waals surface area contributed by atoms with Crippen molar-refractivity contribution in [1.29, 1.82) is 0 Å². The maximum atomic E-state index is 5.84. The molecular formula is C15H22N4S. The number of pyridine rings is 1. The number of nitrogens with one attached hydrogen (secondary N) is 1. The first kappa shape index (κ1) is 13.8. The molecule has 1 saturated heterocycles. The second-order valence-corrected chi connectivity index (χ2v) is 6.12. The summed E-state index contributed by atoms with van der Waals surface area (Å²) in [6.45, 7) is 4.42. The third kappa shape index (κ3) is 2.94. The van der Waals surface area contributed by atoms with Crippen molar-refractivity contribution in [3.8, 4) is 0 Å². The quantitative estimate of drug-likeness (QED) is 0.809. The molecule has 1 aromatic rings. The summed E-state index contributed by atoms with van der Waals surface area (Å²) in [4.78, 5) is 7.67. The van der Waals surface area contributed by atoms with E-state index in [1.807, 2.05) is 0 Å². The molecule has 1 fully saturated rings. The summed E-state index contributed by atoms with van der Waals surface area (Å²) >= 11 is 5.17. The van der Waals surface area contributed by atoms with Gasteiger partial charge >= 0.3 is 0 Å². The number of nitrogens with two attached hydrogens (primary N) is 1. The number of thiocarbonyl (C=S) groups is 1. The predicted octanol–water partition coefficient (Wildman–Crippen LogP) is 1.71. The maximum Gasteiger partial charge on any atom is 0.136 e. The molecule has 3 N–H and O–H groups in total. The summed E-state index contributed by atoms with van der Waals surface area (Å²) in [5, 5.41) is 3.43. The van der Waals surface area contributed by atoms with Gasteiger partial charge in [-0.05, 0) is 56.8 Å². The summed E-state index contributed by atoms with van der Waals surface area (Å²) in [6, 6.07) is 2.13. The molecule has 20 heavy (non-hydrogen) atoms. The smallest absolute Gasteiger partial charge is 0.136 e. The fraction of sp³-hybridized carbons (Fsp3) is 0.600. The lowest BCUT2D eigenvalue weighted by atomic mass is 10.1. The number of anilines is 1. The second-order valence-electron chi connectivity index (χ2n) is 5.68. The topological polar surface area (TPSA) is 54.2 Å². The molecule has 0 atom stereocenters. The number of fused-ring (bicyclic) bond motifs is 1. The molecule has 0 spiro atoms. The van der Waals surface area contributed by atoms with Gasteiger partial charge in [0.2, 0.25) is 0 Å². The highest BCUT2D eigenvalue weighted by Crippen LogP contribution is 2.25. The van der Waals surface area contributed by atoms with Gasteiger partial charge in [0.1, 0.15) is 10.8 Å². The maximum absolute atomic E-state index is 5.84. The van der Waals surface area contributed by atoms with Crippen molar-refractivity contribution in [2.45, 2.75) is 32.1 Å². The van der Waals surface area contributed by atoms with E-state index in [1.165, 1.54) is 43.6 Å². The minimum Gasteiger partial charge on any atom is -0.389 e. The third-order valence-electron chi connectivity index (χ3n) is 4.24. The average molecular weight is 290 g/mol. The minimum absolute atomic E-state index is 0.441. The molecule has 0 radical (unpaired) electrons. The molecular weight excluding hydrogens is 268 g/mol. The first-order valence-electron chi connectivity index (χ1n) is 7.53. The van der Waals surface area contributed by atoms with E-state index in [4.69, 9.17) is 22.9 Å². The molecule has 1 aliphatic carbocycles. The third-order valence-corrected chi connectivity index (χ3v) is 4.46. The molecule has 0 saturated carbocycles. The van der Waals surface area contributed by atoms with Gasteiger partial charge in [0, 0.05) is 18.8 Å². The van der Waals surface area contributed by atoms with Crippen molar-refractivity contribution in [3.05, 3.63) is 22.9 Å². The number of likely N-dealkylation sites (tertiary alicyclic amines) is 1. The summed E-state index contributed by atoms with van der Waals surface area (Å²) in [5.74, 6) is 0.873. The summed E-state index contributed by atoms with van der Waals surface area (Å²) in [6.07, 6.45) is 6.03. The highest BCUT2D eigenvalue weighted by atomic mass is 32.1. The van der Waals surface area contributed by atoms with Crippen molar-refractivity contribution in [1.82, 2.24) is 9.88 Å². The van der Waals surface area contributed by atoms with Crippen LogP contribution in [0.4, 0.5) is 5.82 Å². The van der Waals surface area contributed by atoms with Gasteiger partial charge in [-0.1, -0.05) is 12.2 Å². The zero-order valence-electron chi connectivity index (χ0n) is 11.8. The second kappa shape index (κ2) is 6.06. The van der Waals surface area contributed by atoms with E-state index in [-0.39, 0.29) is 0 Å². The highest BCUT2D eigenvalue weighted by molar-refractivity contribution is 7.80. The van der Waals surface area contributed by atoms with Crippen molar-refractivity contribution < 1.29 is 0 Å². The Morgan fingerprint density at radius 1 is 1.30 bits per heavy atom. The molecule has 0 amide bonds. The monoisotopic (exact) mass is 290 g/mol. The Morgan fingerprint density at radius 3 is 2.85 bits per heavy atom. The normalized spacial score (nSPS) is 18.2. The Morgan fingerprint density at radius 2 is 2.10 bits per heavy atom. The Kier molecular flexibility index (Phi) is 4.17. The highest BCUT2D eigenvalue weighted by Gasteiger charge is 2.18. The number of aromatic nitrogens is 1. The van der Waals surface area contributed by atoms with Crippen LogP contribution in [0.2, 0.25) is 0 Å². The van der Waals surface area contributed by atoms with E-state index in [0.717, 1.165) is 37.3 Å². The van der Waals surface area contributed by atoms with Gasteiger partial charge in [0.25, 0.3) is 0 Å². The molecule has 2 aliphatic rings. The largest absolute Gasteiger partial charge is 0.389 e. The van der Waals surface area contributed by atoms with Gasteiger partial charge in [-0.3, -0.25) is 0 Å². The number of hydrogen-bond acceptors (Lipinski definition) is 4. The van der Waals surface area contributed by atoms with Gasteiger partial charge < -0.3 is 16.0 Å². The summed E-state index contributed by atoms with van der Waals surface area (Å²) < 4.78 is 0. The van der Waals surface area contributed by atoms with E-state index in [0.29, 0.717) is 4.99 Å². The van der Waals surface area contributed by atoms with E-state index in [2.05, 4.69) is 16.3 Å². The van der Waals surface area contributed by atoms with Crippen LogP contribution in [0.3, 0.4) is 0 Å². The van der Waals surface area contributed by atoms with E-state index >= 15 is 0 Å². The van der Waals surface area contributed by atoms with Gasteiger partial charge in [-0.25, -0.2) is 4.98 Å². The Labute approximate surface area is 125 Å². The Bertz CT molecular complexity index is 509. The van der Waals surface area contributed by atoms with Crippen LogP contribution in [0.25, 0.3) is 0 Å². The van der Waals surface area contributed by atoms with Crippen LogP contribution in [-0.2, 0) is 12.8 Å². The van der Waals surface area contributed by atoms with Crippen LogP contribution < -0.4 is 11.1 Å². The zero-order valence-corrected chi connectivity index (χ0v) is 12.6. The lowest BCUT2D eigenvalue weighted by molar-refractivity contribution is 0.352. The fourth-order valence-corrected chi connectivity index (χ4v) is 3.29. The Hall–Kier alpha value is -1.20. The number of nitrogens with zero attached hydrogens (tertiary/aromatic N) is 2. The zero-order chi connectivity index (χ0) is 13.9. The lowest BCUT2D eigenvalue weighted by Gasteiger charge is -2.17. The first-order chi connectivity index (χ1) is 9.74. The van der Waals surface area contributed by atoms with Crippen LogP contribution in [0.5, 0.6) is 0 Å². The summed E-state index contributed by atoms with van der Waals surface area (Å²) in [7, 11) is 0. The molecule has 0 unspecified atom stereocenters. The molecule has 1 aliphatic heterocycles. The fourth-order valence-electron chi connectivity index (χ4n) is 3.13. The van der Waals surface area contributed by atoms with E-state index in [9.17, 15) is 0 Å².